The van der Waals surface area contributed by atoms with E-state index in [1.54, 1.807) is 7.05 Å². The molecule has 2 aromatic rings. The van der Waals surface area contributed by atoms with Crippen molar-refractivity contribution in [3.63, 3.8) is 0 Å². The predicted molar refractivity (Wildman–Crippen MR) is 69.5 cm³/mol. The largest absolute Gasteiger partial charge is 0.419 e. The van der Waals surface area contributed by atoms with E-state index in [1.165, 1.54) is 4.57 Å². The third kappa shape index (κ3) is 2.12. The number of hydrogen-bond donors (Lipinski definition) is 0. The van der Waals surface area contributed by atoms with Gasteiger partial charge in [-0.25, -0.2) is 4.79 Å². The molecule has 0 spiro atoms. The third-order valence-corrected chi connectivity index (χ3v) is 3.78. The summed E-state index contributed by atoms with van der Waals surface area (Å²) in [5.74, 6) is -0.348. The molecule has 1 heterocycles. The van der Waals surface area contributed by atoms with Crippen LogP contribution in [0.4, 0.5) is 0 Å². The van der Waals surface area contributed by atoms with Gasteiger partial charge in [0.1, 0.15) is 0 Å². The van der Waals surface area contributed by atoms with Crippen molar-refractivity contribution in [3.05, 3.63) is 34.3 Å². The minimum Gasteiger partial charge on any atom is -0.408 e. The first-order valence-electron chi connectivity index (χ1n) is 5.54. The van der Waals surface area contributed by atoms with Crippen LogP contribution in [0.1, 0.15) is 31.7 Å². The number of aryl methyl sites for hydroxylation is 1. The van der Waals surface area contributed by atoms with Crippen molar-refractivity contribution in [1.29, 1.82) is 0 Å². The first kappa shape index (κ1) is 12.2. The zero-order valence-corrected chi connectivity index (χ0v) is 11.2. The normalized spacial score (nSPS) is 14.2. The van der Waals surface area contributed by atoms with Crippen molar-refractivity contribution in [2.45, 2.75) is 26.1 Å². The second kappa shape index (κ2) is 3.91. The molecule has 1 aromatic carbocycles. The van der Waals surface area contributed by atoms with E-state index in [0.29, 0.717) is 5.58 Å². The number of halogens is 1. The van der Waals surface area contributed by atoms with Crippen LogP contribution in [0.25, 0.3) is 11.1 Å². The summed E-state index contributed by atoms with van der Waals surface area (Å²) in [5, 5.41) is -0.114. The van der Waals surface area contributed by atoms with Crippen molar-refractivity contribution in [2.75, 3.05) is 0 Å². The molecule has 0 aliphatic rings. The molecular weight excluding hydrogens is 238 g/mol. The van der Waals surface area contributed by atoms with Crippen LogP contribution in [0, 0.1) is 5.41 Å². The quantitative estimate of drug-likeness (QED) is 0.730. The smallest absolute Gasteiger partial charge is 0.408 e. The van der Waals surface area contributed by atoms with Crippen LogP contribution in [0.3, 0.4) is 0 Å². The zero-order valence-electron chi connectivity index (χ0n) is 10.5. The number of hydrogen-bond acceptors (Lipinski definition) is 2. The van der Waals surface area contributed by atoms with Crippen LogP contribution in [-0.4, -0.2) is 4.57 Å². The van der Waals surface area contributed by atoms with Crippen LogP contribution < -0.4 is 5.76 Å². The molecule has 4 heteroatoms. The van der Waals surface area contributed by atoms with Gasteiger partial charge in [0, 0.05) is 7.05 Å². The lowest BCUT2D eigenvalue weighted by Gasteiger charge is -2.25. The van der Waals surface area contributed by atoms with Gasteiger partial charge in [-0.1, -0.05) is 26.8 Å². The summed E-state index contributed by atoms with van der Waals surface area (Å²) in [5.41, 5.74) is 2.31. The lowest BCUT2D eigenvalue weighted by molar-refractivity contribution is 0.396. The topological polar surface area (TPSA) is 35.1 Å². The van der Waals surface area contributed by atoms with E-state index in [4.69, 9.17) is 16.0 Å². The van der Waals surface area contributed by atoms with Gasteiger partial charge in [-0.2, -0.15) is 0 Å². The summed E-state index contributed by atoms with van der Waals surface area (Å²) in [6, 6.07) is 5.66. The highest BCUT2D eigenvalue weighted by molar-refractivity contribution is 6.21. The van der Waals surface area contributed by atoms with Gasteiger partial charge >= 0.3 is 5.76 Å². The second-order valence-corrected chi connectivity index (χ2v) is 5.82. The van der Waals surface area contributed by atoms with Crippen molar-refractivity contribution in [1.82, 2.24) is 4.57 Å². The molecular formula is C13H16ClNO2. The van der Waals surface area contributed by atoms with Gasteiger partial charge < -0.3 is 4.42 Å². The molecule has 0 bridgehead atoms. The Bertz CT molecular complexity index is 604. The molecule has 0 fully saturated rings. The monoisotopic (exact) mass is 253 g/mol. The van der Waals surface area contributed by atoms with Gasteiger partial charge in [-0.3, -0.25) is 4.57 Å². The Morgan fingerprint density at radius 1 is 1.35 bits per heavy atom. The standard InChI is InChI=1S/C13H16ClNO2/c1-13(2,3)11(14)8-5-6-9-10(7-8)17-12(16)15(9)4/h5-7,11H,1-4H3. The molecule has 0 saturated heterocycles. The summed E-state index contributed by atoms with van der Waals surface area (Å²) >= 11 is 6.40. The fourth-order valence-electron chi connectivity index (χ4n) is 1.81. The first-order valence-corrected chi connectivity index (χ1v) is 5.98. The fourth-order valence-corrected chi connectivity index (χ4v) is 1.94. The number of fused-ring (bicyclic) bond motifs is 1. The Hall–Kier alpha value is -1.22. The highest BCUT2D eigenvalue weighted by Gasteiger charge is 2.24. The third-order valence-electron chi connectivity index (χ3n) is 2.87. The van der Waals surface area contributed by atoms with E-state index < -0.39 is 0 Å². The Morgan fingerprint density at radius 3 is 2.59 bits per heavy atom. The predicted octanol–water partition coefficient (Wildman–Crippen LogP) is 3.46. The molecule has 2 rings (SSSR count). The number of rotatable bonds is 1. The Morgan fingerprint density at radius 2 is 2.00 bits per heavy atom. The van der Waals surface area contributed by atoms with Gasteiger partial charge in [0.15, 0.2) is 5.58 Å². The van der Waals surface area contributed by atoms with Crippen molar-refractivity contribution >= 4 is 22.7 Å². The molecule has 1 unspecified atom stereocenters. The molecule has 0 saturated carbocycles. The Kier molecular flexibility index (Phi) is 2.82. The fraction of sp³-hybridized carbons (Fsp3) is 0.462. The summed E-state index contributed by atoms with van der Waals surface area (Å²) in [6.45, 7) is 6.24. The van der Waals surface area contributed by atoms with E-state index in [1.807, 2.05) is 18.2 Å². The van der Waals surface area contributed by atoms with Gasteiger partial charge in [0.2, 0.25) is 0 Å². The molecule has 92 valence electrons. The minimum absolute atomic E-state index is 0.0374. The number of alkyl halides is 1. The van der Waals surface area contributed by atoms with Gasteiger partial charge in [0.05, 0.1) is 10.9 Å². The molecule has 0 amide bonds. The maximum Gasteiger partial charge on any atom is 0.419 e. The molecule has 0 radical (unpaired) electrons. The molecule has 1 atom stereocenters. The van der Waals surface area contributed by atoms with Crippen LogP contribution >= 0.6 is 11.6 Å². The molecule has 0 aliphatic carbocycles. The molecule has 17 heavy (non-hydrogen) atoms. The van der Waals surface area contributed by atoms with E-state index in [-0.39, 0.29) is 16.5 Å². The summed E-state index contributed by atoms with van der Waals surface area (Å²) in [4.78, 5) is 11.4. The average Bonchev–Trinajstić information content (AvgIpc) is 2.52. The summed E-state index contributed by atoms with van der Waals surface area (Å²) in [6.07, 6.45) is 0. The Labute approximate surface area is 105 Å². The number of nitrogens with zero attached hydrogens (tertiary/aromatic N) is 1. The van der Waals surface area contributed by atoms with E-state index in [0.717, 1.165) is 11.1 Å². The van der Waals surface area contributed by atoms with Gasteiger partial charge in [-0.05, 0) is 23.1 Å². The number of aromatic nitrogens is 1. The summed E-state index contributed by atoms with van der Waals surface area (Å²) in [7, 11) is 1.69. The van der Waals surface area contributed by atoms with Crippen molar-refractivity contribution in [2.24, 2.45) is 12.5 Å². The molecule has 3 nitrogen and oxygen atoms in total. The second-order valence-electron chi connectivity index (χ2n) is 5.38. The van der Waals surface area contributed by atoms with Crippen molar-refractivity contribution in [3.8, 4) is 0 Å². The molecule has 1 aromatic heterocycles. The maximum absolute atomic E-state index is 11.4. The zero-order chi connectivity index (χ0) is 12.8. The van der Waals surface area contributed by atoms with E-state index >= 15 is 0 Å². The highest BCUT2D eigenvalue weighted by atomic mass is 35.5. The van der Waals surface area contributed by atoms with E-state index in [9.17, 15) is 4.79 Å². The maximum atomic E-state index is 11.4. The average molecular weight is 254 g/mol. The van der Waals surface area contributed by atoms with Crippen LogP contribution in [0.15, 0.2) is 27.4 Å². The number of benzene rings is 1. The lowest BCUT2D eigenvalue weighted by atomic mass is 9.87. The number of oxazole rings is 1. The first-order chi connectivity index (χ1) is 7.80. The molecule has 0 aliphatic heterocycles. The van der Waals surface area contributed by atoms with Crippen molar-refractivity contribution < 1.29 is 4.42 Å². The van der Waals surface area contributed by atoms with Gasteiger partial charge in [0.25, 0.3) is 0 Å². The van der Waals surface area contributed by atoms with E-state index in [2.05, 4.69) is 20.8 Å². The van der Waals surface area contributed by atoms with Crippen LogP contribution in [0.2, 0.25) is 0 Å². The molecule has 0 N–H and O–H groups in total. The van der Waals surface area contributed by atoms with Crippen LogP contribution in [0.5, 0.6) is 0 Å². The van der Waals surface area contributed by atoms with Crippen LogP contribution in [-0.2, 0) is 7.05 Å². The Balaban J connectivity index is 2.56. The lowest BCUT2D eigenvalue weighted by Crippen LogP contribution is -2.13. The summed E-state index contributed by atoms with van der Waals surface area (Å²) < 4.78 is 6.64. The minimum atomic E-state index is -0.348. The highest BCUT2D eigenvalue weighted by Crippen LogP contribution is 2.39. The SMILES string of the molecule is Cn1c(=O)oc2cc(C(Cl)C(C)(C)C)ccc21. The van der Waals surface area contributed by atoms with Gasteiger partial charge in [-0.15, -0.1) is 11.6 Å².